The van der Waals surface area contributed by atoms with E-state index < -0.39 is 10.0 Å². The number of hydrogen-bond donors (Lipinski definition) is 2. The lowest BCUT2D eigenvalue weighted by Crippen LogP contribution is -2.33. The van der Waals surface area contributed by atoms with Crippen LogP contribution in [0.1, 0.15) is 19.6 Å². The molecule has 120 valence electrons. The van der Waals surface area contributed by atoms with Crippen molar-refractivity contribution in [2.45, 2.75) is 25.5 Å². The predicted octanol–water partition coefficient (Wildman–Crippen LogP) is 1.19. The molecule has 0 saturated carbocycles. The maximum Gasteiger partial charge on any atom is 0.276 e. The van der Waals surface area contributed by atoms with Gasteiger partial charge in [0.05, 0.1) is 13.2 Å². The molecule has 0 saturated heterocycles. The second kappa shape index (κ2) is 8.33. The lowest BCUT2D eigenvalue weighted by molar-refractivity contribution is 0.257. The second-order valence-corrected chi connectivity index (χ2v) is 6.99. The molecule has 2 N–H and O–H groups in total. The SMILES string of the molecule is C=CCN(CCO)S(=O)(=O)c1ccc(CNCC(C)C)o1. The van der Waals surface area contributed by atoms with Crippen LogP contribution in [0, 0.1) is 5.92 Å². The van der Waals surface area contributed by atoms with E-state index in [0.717, 1.165) is 10.8 Å². The van der Waals surface area contributed by atoms with E-state index in [1.807, 2.05) is 0 Å². The lowest BCUT2D eigenvalue weighted by Gasteiger charge is -2.17. The Kier molecular flexibility index (Phi) is 7.10. The Bertz CT molecular complexity index is 537. The van der Waals surface area contributed by atoms with Crippen molar-refractivity contribution < 1.29 is 17.9 Å². The van der Waals surface area contributed by atoms with Crippen LogP contribution in [0.15, 0.2) is 34.3 Å². The Balaban J connectivity index is 2.79. The summed E-state index contributed by atoms with van der Waals surface area (Å²) in [6.07, 6.45) is 1.47. The van der Waals surface area contributed by atoms with Crippen molar-refractivity contribution in [3.8, 4) is 0 Å². The highest BCUT2D eigenvalue weighted by molar-refractivity contribution is 7.89. The molecule has 0 unspecified atom stereocenters. The Morgan fingerprint density at radius 2 is 2.19 bits per heavy atom. The minimum atomic E-state index is -3.74. The summed E-state index contributed by atoms with van der Waals surface area (Å²) < 4.78 is 31.2. The van der Waals surface area contributed by atoms with Crippen LogP contribution in [-0.4, -0.2) is 44.1 Å². The normalized spacial score (nSPS) is 12.2. The highest BCUT2D eigenvalue weighted by atomic mass is 32.2. The predicted molar refractivity (Wildman–Crippen MR) is 81.3 cm³/mol. The van der Waals surface area contributed by atoms with Gasteiger partial charge in [0.25, 0.3) is 10.0 Å². The molecule has 1 aromatic heterocycles. The fraction of sp³-hybridized carbons (Fsp3) is 0.571. The molecule has 0 atom stereocenters. The van der Waals surface area contributed by atoms with E-state index in [1.54, 1.807) is 6.07 Å². The second-order valence-electron chi connectivity index (χ2n) is 5.12. The summed E-state index contributed by atoms with van der Waals surface area (Å²) in [5.74, 6) is 1.08. The number of nitrogens with one attached hydrogen (secondary N) is 1. The maximum absolute atomic E-state index is 12.4. The van der Waals surface area contributed by atoms with Crippen LogP contribution < -0.4 is 5.32 Å². The van der Waals surface area contributed by atoms with Gasteiger partial charge in [-0.25, -0.2) is 8.42 Å². The molecule has 0 fully saturated rings. The van der Waals surface area contributed by atoms with E-state index in [4.69, 9.17) is 9.52 Å². The number of furan rings is 1. The minimum Gasteiger partial charge on any atom is -0.447 e. The molecule has 0 bridgehead atoms. The summed E-state index contributed by atoms with van der Waals surface area (Å²) in [5.41, 5.74) is 0. The Morgan fingerprint density at radius 3 is 2.76 bits per heavy atom. The van der Waals surface area contributed by atoms with Gasteiger partial charge in [-0.1, -0.05) is 19.9 Å². The van der Waals surface area contributed by atoms with E-state index in [2.05, 4.69) is 25.7 Å². The van der Waals surface area contributed by atoms with E-state index in [9.17, 15) is 8.42 Å². The Labute approximate surface area is 126 Å². The van der Waals surface area contributed by atoms with E-state index in [0.29, 0.717) is 18.2 Å². The van der Waals surface area contributed by atoms with Crippen molar-refractivity contribution in [1.29, 1.82) is 0 Å². The van der Waals surface area contributed by atoms with Crippen LogP contribution in [0.5, 0.6) is 0 Å². The number of aliphatic hydroxyl groups is 1. The molecule has 1 aromatic rings. The fourth-order valence-corrected chi connectivity index (χ4v) is 3.10. The molecule has 21 heavy (non-hydrogen) atoms. The molecule has 1 heterocycles. The first-order chi connectivity index (χ1) is 9.91. The van der Waals surface area contributed by atoms with Gasteiger partial charge in [0.1, 0.15) is 5.76 Å². The van der Waals surface area contributed by atoms with Crippen molar-refractivity contribution in [1.82, 2.24) is 9.62 Å². The van der Waals surface area contributed by atoms with E-state index in [1.165, 1.54) is 12.1 Å². The number of aliphatic hydroxyl groups excluding tert-OH is 1. The molecular weight excluding hydrogens is 292 g/mol. The number of hydrogen-bond acceptors (Lipinski definition) is 5. The molecule has 6 nitrogen and oxygen atoms in total. The molecule has 0 spiro atoms. The summed E-state index contributed by atoms with van der Waals surface area (Å²) in [4.78, 5) is 0. The van der Waals surface area contributed by atoms with E-state index in [-0.39, 0.29) is 24.8 Å². The van der Waals surface area contributed by atoms with Gasteiger partial charge < -0.3 is 14.8 Å². The molecule has 0 aromatic carbocycles. The zero-order valence-corrected chi connectivity index (χ0v) is 13.4. The third-order valence-electron chi connectivity index (χ3n) is 2.77. The van der Waals surface area contributed by atoms with Crippen LogP contribution in [0.4, 0.5) is 0 Å². The third kappa shape index (κ3) is 5.28. The Morgan fingerprint density at radius 1 is 1.48 bits per heavy atom. The smallest absolute Gasteiger partial charge is 0.276 e. The van der Waals surface area contributed by atoms with Crippen LogP contribution in [0.3, 0.4) is 0 Å². The van der Waals surface area contributed by atoms with Gasteiger partial charge in [0, 0.05) is 13.1 Å². The molecule has 1 rings (SSSR count). The summed E-state index contributed by atoms with van der Waals surface area (Å²) in [5, 5.41) is 12.0. The first kappa shape index (κ1) is 17.9. The van der Waals surface area contributed by atoms with Crippen molar-refractivity contribution in [2.24, 2.45) is 5.92 Å². The summed E-state index contributed by atoms with van der Waals surface area (Å²) in [6, 6.07) is 3.08. The highest BCUT2D eigenvalue weighted by Gasteiger charge is 2.26. The van der Waals surface area contributed by atoms with Crippen molar-refractivity contribution >= 4 is 10.0 Å². The first-order valence-corrected chi connectivity index (χ1v) is 8.37. The molecule has 7 heteroatoms. The number of sulfonamides is 1. The molecule has 0 aliphatic rings. The average molecular weight is 316 g/mol. The molecule has 0 radical (unpaired) electrons. The summed E-state index contributed by atoms with van der Waals surface area (Å²) >= 11 is 0. The first-order valence-electron chi connectivity index (χ1n) is 6.93. The van der Waals surface area contributed by atoms with Crippen LogP contribution in [0.2, 0.25) is 0 Å². The van der Waals surface area contributed by atoms with Crippen molar-refractivity contribution in [3.05, 3.63) is 30.5 Å². The largest absolute Gasteiger partial charge is 0.447 e. The van der Waals surface area contributed by atoms with Gasteiger partial charge in [0.15, 0.2) is 0 Å². The van der Waals surface area contributed by atoms with Crippen molar-refractivity contribution in [3.63, 3.8) is 0 Å². The fourth-order valence-electron chi connectivity index (χ4n) is 1.77. The zero-order chi connectivity index (χ0) is 15.9. The average Bonchev–Trinajstić information content (AvgIpc) is 2.87. The van der Waals surface area contributed by atoms with Crippen LogP contribution in [-0.2, 0) is 16.6 Å². The van der Waals surface area contributed by atoms with Crippen LogP contribution in [0.25, 0.3) is 0 Å². The van der Waals surface area contributed by atoms with Gasteiger partial charge in [-0.2, -0.15) is 4.31 Å². The standard InChI is InChI=1S/C14H24N2O4S/c1-4-7-16(8-9-17)21(18,19)14-6-5-13(20-14)11-15-10-12(2)3/h4-6,12,15,17H,1,7-11H2,2-3H3. The molecule has 0 aliphatic heterocycles. The monoisotopic (exact) mass is 316 g/mol. The summed E-state index contributed by atoms with van der Waals surface area (Å²) in [6.45, 7) is 8.90. The quantitative estimate of drug-likeness (QED) is 0.634. The topological polar surface area (TPSA) is 82.8 Å². The van der Waals surface area contributed by atoms with Gasteiger partial charge in [0.2, 0.25) is 5.09 Å². The third-order valence-corrected chi connectivity index (χ3v) is 4.50. The maximum atomic E-state index is 12.4. The van der Waals surface area contributed by atoms with Gasteiger partial charge in [-0.05, 0) is 24.6 Å². The van der Waals surface area contributed by atoms with Crippen LogP contribution >= 0.6 is 0 Å². The number of rotatable bonds is 10. The van der Waals surface area contributed by atoms with Gasteiger partial charge >= 0.3 is 0 Å². The minimum absolute atomic E-state index is 0.00991. The van der Waals surface area contributed by atoms with Crippen molar-refractivity contribution in [2.75, 3.05) is 26.2 Å². The summed E-state index contributed by atoms with van der Waals surface area (Å²) in [7, 11) is -3.74. The number of nitrogens with zero attached hydrogens (tertiary/aromatic N) is 1. The zero-order valence-electron chi connectivity index (χ0n) is 12.6. The van der Waals surface area contributed by atoms with Gasteiger partial charge in [-0.15, -0.1) is 6.58 Å². The Hall–Kier alpha value is -1.15. The van der Waals surface area contributed by atoms with Gasteiger partial charge in [-0.3, -0.25) is 0 Å². The molecular formula is C14H24N2O4S. The highest BCUT2D eigenvalue weighted by Crippen LogP contribution is 2.18. The molecule has 0 amide bonds. The molecule has 0 aliphatic carbocycles. The lowest BCUT2D eigenvalue weighted by atomic mass is 10.2. The van der Waals surface area contributed by atoms with E-state index >= 15 is 0 Å².